The lowest BCUT2D eigenvalue weighted by Crippen LogP contribution is -2.63. The van der Waals surface area contributed by atoms with Crippen molar-refractivity contribution in [2.75, 3.05) is 11.5 Å². The predicted molar refractivity (Wildman–Crippen MR) is 91.1 cm³/mol. The second-order valence-electron chi connectivity index (χ2n) is 4.76. The van der Waals surface area contributed by atoms with Gasteiger partial charge in [0.2, 0.25) is 0 Å². The van der Waals surface area contributed by atoms with Gasteiger partial charge in [0.25, 0.3) is 0 Å². The minimum atomic E-state index is -6.44. The van der Waals surface area contributed by atoms with Gasteiger partial charge in [-0.05, 0) is 57.3 Å². The van der Waals surface area contributed by atoms with E-state index in [4.69, 9.17) is 5.73 Å². The zero-order valence-corrected chi connectivity index (χ0v) is 17.0. The second kappa shape index (κ2) is 7.46. The third-order valence-electron chi connectivity index (χ3n) is 2.88. The summed E-state index contributed by atoms with van der Waals surface area (Å²) in [7, 11) is -6.10. The van der Waals surface area contributed by atoms with E-state index in [0.717, 1.165) is 6.07 Å². The molecule has 0 saturated carbocycles. The van der Waals surface area contributed by atoms with Crippen LogP contribution in [0.1, 0.15) is 10.4 Å². The largest absolute Gasteiger partial charge is 0.748 e. The fraction of sp³-hybridized carbons (Fsp3) is 0.364. The van der Waals surface area contributed by atoms with E-state index in [1.165, 1.54) is 6.07 Å². The number of carbonyl (C=O) groups is 1. The van der Waals surface area contributed by atoms with Gasteiger partial charge in [0.05, 0.1) is 27.1 Å². The van der Waals surface area contributed by atoms with Crippen LogP contribution < -0.4 is 5.73 Å². The number of halogens is 8. The first kappa shape index (κ1) is 23.5. The standard InChI is InChI=1S/C11H7F6I2NO5S/c12-10(13,14)9(11(15,16)17,3-26(22,23)24)25-8(21)5-1-4(18)2-6(19)7(5)20/h1-2H,3,20H2,(H,22,23,24)/p-1. The monoisotopic (exact) mass is 632 g/mol. The zero-order chi connectivity index (χ0) is 20.7. The lowest BCUT2D eigenvalue weighted by Gasteiger charge is -2.37. The Morgan fingerprint density at radius 3 is 1.96 bits per heavy atom. The Morgan fingerprint density at radius 2 is 1.58 bits per heavy atom. The molecule has 26 heavy (non-hydrogen) atoms. The zero-order valence-electron chi connectivity index (χ0n) is 11.9. The van der Waals surface area contributed by atoms with Crippen molar-refractivity contribution in [1.82, 2.24) is 0 Å². The van der Waals surface area contributed by atoms with Gasteiger partial charge in [0, 0.05) is 7.14 Å². The Morgan fingerprint density at radius 1 is 1.12 bits per heavy atom. The Hall–Kier alpha value is -0.560. The molecule has 1 aromatic carbocycles. The van der Waals surface area contributed by atoms with Crippen LogP contribution in [-0.4, -0.2) is 42.6 Å². The molecule has 0 bridgehead atoms. The van der Waals surface area contributed by atoms with Gasteiger partial charge >= 0.3 is 23.9 Å². The Bertz CT molecular complexity index is 810. The number of carbonyl (C=O) groups excluding carboxylic acids is 1. The maximum Gasteiger partial charge on any atom is 0.438 e. The molecule has 0 aliphatic rings. The third kappa shape index (κ3) is 5.03. The van der Waals surface area contributed by atoms with Crippen LogP contribution in [0.3, 0.4) is 0 Å². The fourth-order valence-corrected chi connectivity index (χ4v) is 4.41. The van der Waals surface area contributed by atoms with Crippen LogP contribution in [0.5, 0.6) is 0 Å². The van der Waals surface area contributed by atoms with Crippen LogP contribution in [-0.2, 0) is 14.9 Å². The molecular formula is C11H6F6I2NO5S-. The van der Waals surface area contributed by atoms with Crippen LogP contribution in [0.4, 0.5) is 32.0 Å². The molecule has 0 unspecified atom stereocenters. The minimum Gasteiger partial charge on any atom is -0.748 e. The summed E-state index contributed by atoms with van der Waals surface area (Å²) in [6.45, 7) is 0. The molecule has 0 saturated heterocycles. The van der Waals surface area contributed by atoms with Gasteiger partial charge < -0.3 is 15.0 Å². The molecule has 0 fully saturated rings. The second-order valence-corrected chi connectivity index (χ2v) is 8.57. The molecule has 0 heterocycles. The highest BCUT2D eigenvalue weighted by atomic mass is 127. The number of ether oxygens (including phenoxy) is 1. The van der Waals surface area contributed by atoms with E-state index in [-0.39, 0.29) is 7.14 Å². The average molecular weight is 632 g/mol. The molecule has 1 rings (SSSR count). The maximum absolute atomic E-state index is 13.1. The van der Waals surface area contributed by atoms with Crippen LogP contribution in [0, 0.1) is 7.14 Å². The number of nitrogens with two attached hydrogens (primary N) is 1. The van der Waals surface area contributed by atoms with Gasteiger partial charge in [-0.15, -0.1) is 0 Å². The number of esters is 1. The summed E-state index contributed by atoms with van der Waals surface area (Å²) in [6, 6.07) is 2.22. The van der Waals surface area contributed by atoms with Gasteiger partial charge in [-0.2, -0.15) is 26.3 Å². The van der Waals surface area contributed by atoms with E-state index in [2.05, 4.69) is 4.74 Å². The average Bonchev–Trinajstić information content (AvgIpc) is 2.37. The number of hydrogen-bond donors (Lipinski definition) is 1. The first-order valence-corrected chi connectivity index (χ1v) is 9.69. The number of benzene rings is 1. The Balaban J connectivity index is 3.58. The topological polar surface area (TPSA) is 110 Å². The maximum atomic E-state index is 13.1. The Kier molecular flexibility index (Phi) is 6.73. The Labute approximate surface area is 169 Å². The smallest absolute Gasteiger partial charge is 0.438 e. The van der Waals surface area contributed by atoms with Crippen LogP contribution in [0.15, 0.2) is 12.1 Å². The molecule has 0 radical (unpaired) electrons. The van der Waals surface area contributed by atoms with E-state index in [1.807, 2.05) is 0 Å². The number of anilines is 1. The molecular weight excluding hydrogens is 626 g/mol. The lowest BCUT2D eigenvalue weighted by atomic mass is 10.0. The molecule has 2 N–H and O–H groups in total. The summed E-state index contributed by atoms with van der Waals surface area (Å²) in [5.74, 6) is -5.25. The van der Waals surface area contributed by atoms with E-state index in [1.54, 1.807) is 45.2 Å². The van der Waals surface area contributed by atoms with Crippen LogP contribution >= 0.6 is 45.2 Å². The lowest BCUT2D eigenvalue weighted by molar-refractivity contribution is -0.356. The van der Waals surface area contributed by atoms with Crippen molar-refractivity contribution < 1.29 is 48.8 Å². The highest BCUT2D eigenvalue weighted by Crippen LogP contribution is 2.47. The molecule has 0 spiro atoms. The first-order valence-electron chi connectivity index (χ1n) is 5.96. The van der Waals surface area contributed by atoms with Crippen molar-refractivity contribution >= 4 is 67.0 Å². The van der Waals surface area contributed by atoms with Gasteiger partial charge in [0.1, 0.15) is 0 Å². The normalized spacial score (nSPS) is 13.6. The molecule has 0 aliphatic carbocycles. The minimum absolute atomic E-state index is 0.127. The molecule has 148 valence electrons. The molecule has 0 aliphatic heterocycles. The SMILES string of the molecule is Nc1c(I)cc(I)cc1C(=O)OC(CS(=O)(=O)[O-])(C(F)(F)F)C(F)(F)F. The molecule has 0 amide bonds. The van der Waals surface area contributed by atoms with Crippen molar-refractivity contribution in [3.05, 3.63) is 24.8 Å². The van der Waals surface area contributed by atoms with Crippen molar-refractivity contribution in [2.45, 2.75) is 18.0 Å². The van der Waals surface area contributed by atoms with E-state index in [0.29, 0.717) is 0 Å². The van der Waals surface area contributed by atoms with Crippen molar-refractivity contribution in [2.24, 2.45) is 0 Å². The van der Waals surface area contributed by atoms with E-state index < -0.39 is 51.0 Å². The van der Waals surface area contributed by atoms with E-state index >= 15 is 0 Å². The quantitative estimate of drug-likeness (QED) is 0.180. The number of hydrogen-bond acceptors (Lipinski definition) is 6. The highest BCUT2D eigenvalue weighted by Gasteiger charge is 2.75. The summed E-state index contributed by atoms with van der Waals surface area (Å²) in [6.07, 6.45) is -12.9. The first-order chi connectivity index (χ1) is 11.4. The number of nitrogen functional groups attached to an aromatic ring is 1. The highest BCUT2D eigenvalue weighted by molar-refractivity contribution is 14.1. The molecule has 0 aromatic heterocycles. The van der Waals surface area contributed by atoms with Gasteiger partial charge in [-0.25, -0.2) is 13.2 Å². The predicted octanol–water partition coefficient (Wildman–Crippen LogP) is 3.04. The van der Waals surface area contributed by atoms with E-state index in [9.17, 15) is 44.1 Å². The van der Waals surface area contributed by atoms with Crippen LogP contribution in [0.2, 0.25) is 0 Å². The summed E-state index contributed by atoms with van der Waals surface area (Å²) >= 11 is 3.19. The summed E-state index contributed by atoms with van der Waals surface area (Å²) < 4.78 is 115. The van der Waals surface area contributed by atoms with Crippen LogP contribution in [0.25, 0.3) is 0 Å². The molecule has 6 nitrogen and oxygen atoms in total. The fourth-order valence-electron chi connectivity index (χ4n) is 1.69. The summed E-state index contributed by atoms with van der Waals surface area (Å²) in [5.41, 5.74) is -1.40. The molecule has 0 atom stereocenters. The van der Waals surface area contributed by atoms with Crippen molar-refractivity contribution in [1.29, 1.82) is 0 Å². The molecule has 15 heteroatoms. The van der Waals surface area contributed by atoms with Gasteiger partial charge in [0.15, 0.2) is 0 Å². The van der Waals surface area contributed by atoms with Gasteiger partial charge in [-0.1, -0.05) is 0 Å². The van der Waals surface area contributed by atoms with Crippen molar-refractivity contribution in [3.63, 3.8) is 0 Å². The molecule has 1 aromatic rings. The summed E-state index contributed by atoms with van der Waals surface area (Å²) in [5, 5.41) is 0. The van der Waals surface area contributed by atoms with Gasteiger partial charge in [-0.3, -0.25) is 0 Å². The number of alkyl halides is 6. The summed E-state index contributed by atoms with van der Waals surface area (Å²) in [4.78, 5) is 12.0. The third-order valence-corrected chi connectivity index (χ3v) is 5.15. The number of rotatable bonds is 4. The van der Waals surface area contributed by atoms with Crippen molar-refractivity contribution in [3.8, 4) is 0 Å².